The van der Waals surface area contributed by atoms with Crippen molar-refractivity contribution in [3.8, 4) is 5.75 Å². The van der Waals surface area contributed by atoms with E-state index in [9.17, 15) is 10.3 Å². The number of nitrogens with zero attached hydrogens (tertiary/aromatic N) is 5. The highest BCUT2D eigenvalue weighted by Gasteiger charge is 2.14. The van der Waals surface area contributed by atoms with Gasteiger partial charge in [0.15, 0.2) is 11.0 Å². The second-order valence-electron chi connectivity index (χ2n) is 3.00. The molecule has 1 aromatic carbocycles. The summed E-state index contributed by atoms with van der Waals surface area (Å²) in [6.45, 7) is 0. The molecule has 2 heterocycles. The van der Waals surface area contributed by atoms with E-state index in [4.69, 9.17) is 0 Å². The van der Waals surface area contributed by atoms with Gasteiger partial charge in [-0.15, -0.1) is 5.10 Å². The Morgan fingerprint density at radius 3 is 2.80 bits per heavy atom. The van der Waals surface area contributed by atoms with E-state index < -0.39 is 0 Å². The molecule has 0 aliphatic carbocycles. The van der Waals surface area contributed by atoms with E-state index in [1.165, 1.54) is 18.5 Å². The molecule has 0 radical (unpaired) electrons. The van der Waals surface area contributed by atoms with Crippen LogP contribution in [0.1, 0.15) is 0 Å². The summed E-state index contributed by atoms with van der Waals surface area (Å²) in [5, 5.41) is 26.0. The molecule has 15 heavy (non-hydrogen) atoms. The van der Waals surface area contributed by atoms with E-state index in [-0.39, 0.29) is 16.8 Å². The Labute approximate surface area is 82.6 Å². The number of phenolic OH excluding ortho intramolecular Hbond substituents is 1. The van der Waals surface area contributed by atoms with Gasteiger partial charge in [0.2, 0.25) is 0 Å². The maximum atomic E-state index is 9.59. The summed E-state index contributed by atoms with van der Waals surface area (Å²) in [7, 11) is 0. The van der Waals surface area contributed by atoms with Crippen LogP contribution in [0.4, 0.5) is 0 Å². The largest absolute Gasteiger partial charge is 0.505 e. The zero-order chi connectivity index (χ0) is 10.4. The number of hydrogen-bond donors (Lipinski definition) is 2. The van der Waals surface area contributed by atoms with Gasteiger partial charge in [-0.2, -0.15) is 0 Å². The van der Waals surface area contributed by atoms with Crippen molar-refractivity contribution in [2.24, 2.45) is 0 Å². The van der Waals surface area contributed by atoms with Crippen LogP contribution in [0, 0.1) is 0 Å². The van der Waals surface area contributed by atoms with Crippen molar-refractivity contribution in [3.05, 3.63) is 18.5 Å². The Hall–Kier alpha value is -2.44. The fourth-order valence-corrected chi connectivity index (χ4v) is 1.49. The summed E-state index contributed by atoms with van der Waals surface area (Å²) in [6, 6.07) is 1.43. The summed E-state index contributed by atoms with van der Waals surface area (Å²) < 4.78 is 0. The van der Waals surface area contributed by atoms with Crippen LogP contribution in [0.3, 0.4) is 0 Å². The van der Waals surface area contributed by atoms with Crippen molar-refractivity contribution in [2.45, 2.75) is 0 Å². The zero-order valence-electron chi connectivity index (χ0n) is 7.36. The average Bonchev–Trinajstić information content (AvgIpc) is 2.62. The van der Waals surface area contributed by atoms with Crippen LogP contribution in [-0.4, -0.2) is 35.4 Å². The summed E-state index contributed by atoms with van der Waals surface area (Å²) in [5.41, 5.74) is 1.36. The molecule has 0 aliphatic rings. The number of rotatable bonds is 0. The van der Waals surface area contributed by atoms with E-state index in [1.807, 2.05) is 0 Å². The van der Waals surface area contributed by atoms with Gasteiger partial charge in [-0.1, -0.05) is 4.85 Å². The van der Waals surface area contributed by atoms with E-state index in [1.54, 1.807) is 0 Å². The van der Waals surface area contributed by atoms with Crippen molar-refractivity contribution >= 4 is 22.1 Å². The van der Waals surface area contributed by atoms with E-state index >= 15 is 0 Å². The molecule has 0 spiro atoms. The van der Waals surface area contributed by atoms with Gasteiger partial charge in [-0.05, 0) is 5.21 Å². The normalized spacial score (nSPS) is 11.2. The summed E-state index contributed by atoms with van der Waals surface area (Å²) in [5.74, 6) is -0.0849. The van der Waals surface area contributed by atoms with Crippen molar-refractivity contribution in [1.82, 2.24) is 25.1 Å². The number of aromatic hydroxyl groups is 1. The minimum Gasteiger partial charge on any atom is -0.505 e. The highest BCUT2D eigenvalue weighted by Crippen LogP contribution is 2.27. The van der Waals surface area contributed by atoms with Gasteiger partial charge >= 0.3 is 0 Å². The highest BCUT2D eigenvalue weighted by molar-refractivity contribution is 6.02. The molecular weight excluding hydrogens is 198 g/mol. The van der Waals surface area contributed by atoms with Gasteiger partial charge < -0.3 is 10.3 Å². The molecule has 3 aromatic rings. The third-order valence-electron chi connectivity index (χ3n) is 2.12. The number of phenols is 1. The molecule has 74 valence electrons. The monoisotopic (exact) mass is 203 g/mol. The zero-order valence-corrected chi connectivity index (χ0v) is 7.36. The first kappa shape index (κ1) is 7.92. The smallest absolute Gasteiger partial charge is 0.162 e. The fourth-order valence-electron chi connectivity index (χ4n) is 1.49. The first-order valence-corrected chi connectivity index (χ1v) is 4.15. The van der Waals surface area contributed by atoms with Crippen molar-refractivity contribution < 1.29 is 10.3 Å². The molecule has 0 amide bonds. The van der Waals surface area contributed by atoms with E-state index in [2.05, 4.69) is 20.3 Å². The van der Waals surface area contributed by atoms with Crippen LogP contribution < -0.4 is 0 Å². The number of benzene rings is 1. The topological polar surface area (TPSA) is 97.0 Å². The lowest BCUT2D eigenvalue weighted by Crippen LogP contribution is -1.94. The van der Waals surface area contributed by atoms with E-state index in [0.29, 0.717) is 15.9 Å². The minimum absolute atomic E-state index is 0.0849. The molecule has 7 heteroatoms. The molecule has 2 aromatic heterocycles. The molecule has 2 N–H and O–H groups in total. The van der Waals surface area contributed by atoms with E-state index in [0.717, 1.165) is 0 Å². The molecule has 0 bridgehead atoms. The van der Waals surface area contributed by atoms with Crippen LogP contribution >= 0.6 is 0 Å². The van der Waals surface area contributed by atoms with Crippen LogP contribution in [0.5, 0.6) is 5.75 Å². The van der Waals surface area contributed by atoms with Gasteiger partial charge in [0.25, 0.3) is 0 Å². The molecule has 3 rings (SSSR count). The lowest BCUT2D eigenvalue weighted by Gasteiger charge is -1.98. The predicted octanol–water partition coefficient (Wildman–Crippen LogP) is 0.317. The first-order chi connectivity index (χ1) is 7.27. The van der Waals surface area contributed by atoms with Crippen molar-refractivity contribution in [1.29, 1.82) is 0 Å². The Morgan fingerprint density at radius 1 is 1.13 bits per heavy atom. The average molecular weight is 203 g/mol. The lowest BCUT2D eigenvalue weighted by molar-refractivity contribution is 0.155. The Bertz CT molecular complexity index is 662. The Balaban J connectivity index is 2.67. The number of hydrogen-bond acceptors (Lipinski definition) is 6. The minimum atomic E-state index is -0.0849. The second kappa shape index (κ2) is 2.53. The Morgan fingerprint density at radius 2 is 1.93 bits per heavy atom. The van der Waals surface area contributed by atoms with Gasteiger partial charge in [0.1, 0.15) is 11.3 Å². The van der Waals surface area contributed by atoms with Crippen molar-refractivity contribution in [3.63, 3.8) is 0 Å². The first-order valence-electron chi connectivity index (χ1n) is 4.15. The lowest BCUT2D eigenvalue weighted by atomic mass is 10.2. The standard InChI is InChI=1S/C8H5N5O2/c14-5-3-4-6(10-2-1-9-4)8-7(5)11-12-13(8)15/h1-3,14-15H. The molecule has 0 unspecified atom stereocenters. The number of fused-ring (bicyclic) bond motifs is 3. The third-order valence-corrected chi connectivity index (χ3v) is 2.12. The SMILES string of the molecule is Oc1cc2nccnc2c2c1nnn2O. The maximum absolute atomic E-state index is 9.59. The Kier molecular flexibility index (Phi) is 1.34. The molecule has 7 nitrogen and oxygen atoms in total. The quantitative estimate of drug-likeness (QED) is 0.510. The van der Waals surface area contributed by atoms with Crippen LogP contribution in [0.2, 0.25) is 0 Å². The van der Waals surface area contributed by atoms with Crippen LogP contribution in [0.25, 0.3) is 22.1 Å². The predicted molar refractivity (Wildman–Crippen MR) is 49.5 cm³/mol. The third kappa shape index (κ3) is 0.938. The molecular formula is C8H5N5O2. The summed E-state index contributed by atoms with van der Waals surface area (Å²) in [6.07, 6.45) is 2.99. The molecule has 0 saturated heterocycles. The molecule has 0 fully saturated rings. The van der Waals surface area contributed by atoms with Crippen LogP contribution in [-0.2, 0) is 0 Å². The maximum Gasteiger partial charge on any atom is 0.162 e. The molecule has 0 atom stereocenters. The van der Waals surface area contributed by atoms with Gasteiger partial charge in [0, 0.05) is 18.5 Å². The molecule has 0 aliphatic heterocycles. The van der Waals surface area contributed by atoms with Crippen molar-refractivity contribution in [2.75, 3.05) is 0 Å². The fraction of sp³-hybridized carbons (Fsp3) is 0. The summed E-state index contributed by atoms with van der Waals surface area (Å²) in [4.78, 5) is 8.63. The number of aromatic nitrogens is 5. The summed E-state index contributed by atoms with van der Waals surface area (Å²) >= 11 is 0. The second-order valence-corrected chi connectivity index (χ2v) is 3.00. The highest BCUT2D eigenvalue weighted by atomic mass is 16.5. The molecule has 0 saturated carbocycles. The van der Waals surface area contributed by atoms with Gasteiger partial charge in [-0.3, -0.25) is 9.97 Å². The van der Waals surface area contributed by atoms with Gasteiger partial charge in [-0.25, -0.2) is 0 Å². The van der Waals surface area contributed by atoms with Crippen LogP contribution in [0.15, 0.2) is 18.5 Å². The van der Waals surface area contributed by atoms with Gasteiger partial charge in [0.05, 0.1) is 5.52 Å².